The second-order valence-electron chi connectivity index (χ2n) is 4.57. The molecule has 0 unspecified atom stereocenters. The van der Waals surface area contributed by atoms with E-state index in [1.54, 1.807) is 0 Å². The van der Waals surface area contributed by atoms with Crippen molar-refractivity contribution in [1.29, 1.82) is 0 Å². The Morgan fingerprint density at radius 1 is 1.22 bits per heavy atom. The number of amides is 2. The predicted molar refractivity (Wildman–Crippen MR) is 82.3 cm³/mol. The van der Waals surface area contributed by atoms with Crippen molar-refractivity contribution in [2.75, 3.05) is 0 Å². The second kappa shape index (κ2) is 7.11. The van der Waals surface area contributed by atoms with E-state index in [4.69, 9.17) is 5.21 Å². The van der Waals surface area contributed by atoms with Crippen LogP contribution in [0, 0.1) is 0 Å². The molecule has 0 saturated heterocycles. The molecule has 23 heavy (non-hydrogen) atoms. The van der Waals surface area contributed by atoms with Gasteiger partial charge in [-0.25, -0.2) is 5.48 Å². The van der Waals surface area contributed by atoms with Crippen LogP contribution in [0.3, 0.4) is 0 Å². The highest BCUT2D eigenvalue weighted by molar-refractivity contribution is 8.34. The summed E-state index contributed by atoms with van der Waals surface area (Å²) in [6, 6.07) is 1.84. The maximum atomic E-state index is 13.1. The van der Waals surface area contributed by atoms with Crippen LogP contribution in [0.5, 0.6) is 0 Å². The summed E-state index contributed by atoms with van der Waals surface area (Å²) < 4.78 is 39.2. The van der Waals surface area contributed by atoms with Crippen LogP contribution >= 0.6 is 9.91 Å². The van der Waals surface area contributed by atoms with Crippen molar-refractivity contribution in [2.45, 2.75) is 31.4 Å². The van der Waals surface area contributed by atoms with Gasteiger partial charge in [0.1, 0.15) is 6.04 Å². The van der Waals surface area contributed by atoms with E-state index >= 15 is 0 Å². The van der Waals surface area contributed by atoms with Gasteiger partial charge in [-0.1, -0.05) is 7.43 Å². The van der Waals surface area contributed by atoms with Gasteiger partial charge in [0, 0.05) is 5.56 Å². The van der Waals surface area contributed by atoms with Gasteiger partial charge in [-0.2, -0.15) is 0 Å². The molecule has 1 aromatic carbocycles. The lowest BCUT2D eigenvalue weighted by Gasteiger charge is -2.21. The third-order valence-electron chi connectivity index (χ3n) is 2.71. The zero-order valence-corrected chi connectivity index (χ0v) is 12.2. The fourth-order valence-corrected chi connectivity index (χ4v) is 2.19. The summed E-state index contributed by atoms with van der Waals surface area (Å²) in [5.41, 5.74) is 1.13. The Labute approximate surface area is 132 Å². The lowest BCUT2D eigenvalue weighted by Crippen LogP contribution is -2.51. The van der Waals surface area contributed by atoms with E-state index in [1.807, 2.05) is 0 Å². The van der Waals surface area contributed by atoms with E-state index < -0.39 is 38.8 Å². The molecule has 6 nitrogen and oxygen atoms in total. The zero-order valence-electron chi connectivity index (χ0n) is 11.4. The SMILES string of the molecule is C.C=S(F)(F)(F)c1ccc(C(=O)N[C@H](C(=O)NO)[C@@H](C)O)cc1. The number of hydrogen-bond acceptors (Lipinski definition) is 4. The van der Waals surface area contributed by atoms with Gasteiger partial charge in [-0.05, 0) is 37.1 Å². The summed E-state index contributed by atoms with van der Waals surface area (Å²) >= 11 is 0. The predicted octanol–water partition coefficient (Wildman–Crippen LogP) is 2.09. The van der Waals surface area contributed by atoms with Crippen LogP contribution in [0.15, 0.2) is 29.2 Å². The van der Waals surface area contributed by atoms with Gasteiger partial charge < -0.3 is 10.4 Å². The van der Waals surface area contributed by atoms with Gasteiger partial charge in [0.2, 0.25) is 0 Å². The van der Waals surface area contributed by atoms with Crippen molar-refractivity contribution in [3.8, 4) is 0 Å². The largest absolute Gasteiger partial charge is 0.391 e. The molecule has 1 aromatic rings. The molecular formula is C13H19F3N2O4S. The molecule has 0 aromatic heterocycles. The van der Waals surface area contributed by atoms with Gasteiger partial charge in [-0.15, -0.1) is 11.7 Å². The van der Waals surface area contributed by atoms with Crippen molar-refractivity contribution in [3.05, 3.63) is 29.8 Å². The maximum Gasteiger partial charge on any atom is 0.268 e. The monoisotopic (exact) mass is 356 g/mol. The Balaban J connectivity index is 0.00000484. The standard InChI is InChI=1S/C12H15F3N2O4S.CH4/c1-7(18)10(12(20)17-21)16-11(19)8-3-5-9(6-4-8)22(2,13,14)15;/h3-7,10,18,21H,2H2,1H3,(H,16,19)(H,17,20);1H4/t7-,10+;/m1./s1. The summed E-state index contributed by atoms with van der Waals surface area (Å²) in [4.78, 5) is 22.2. The molecule has 2 amide bonds. The van der Waals surface area contributed by atoms with E-state index in [0.29, 0.717) is 12.1 Å². The van der Waals surface area contributed by atoms with Gasteiger partial charge >= 0.3 is 0 Å². The van der Waals surface area contributed by atoms with Crippen molar-refractivity contribution in [3.63, 3.8) is 0 Å². The average molecular weight is 356 g/mol. The number of aliphatic hydroxyl groups excluding tert-OH is 1. The number of benzene rings is 1. The van der Waals surface area contributed by atoms with E-state index in [1.165, 1.54) is 12.4 Å². The molecule has 132 valence electrons. The molecule has 10 heteroatoms. The van der Waals surface area contributed by atoms with Crippen LogP contribution in [0.2, 0.25) is 0 Å². The third kappa shape index (κ3) is 5.66. The second-order valence-corrected chi connectivity index (χ2v) is 6.80. The summed E-state index contributed by atoms with van der Waals surface area (Å²) in [5.74, 6) is 0.314. The molecular weight excluding hydrogens is 337 g/mol. The number of hydroxylamine groups is 1. The number of aliphatic hydroxyl groups is 1. The summed E-state index contributed by atoms with van der Waals surface area (Å²) in [7, 11) is -6.40. The quantitative estimate of drug-likeness (QED) is 0.369. The summed E-state index contributed by atoms with van der Waals surface area (Å²) in [6.45, 7) is 1.20. The molecule has 0 aliphatic rings. The summed E-state index contributed by atoms with van der Waals surface area (Å²) in [5, 5.41) is 20.0. The van der Waals surface area contributed by atoms with Crippen LogP contribution in [0.1, 0.15) is 24.7 Å². The first-order valence-corrected chi connectivity index (χ1v) is 7.82. The number of halogens is 3. The Morgan fingerprint density at radius 2 is 1.70 bits per heavy atom. The number of hydrogen-bond donors (Lipinski definition) is 4. The van der Waals surface area contributed by atoms with Crippen LogP contribution in [0.4, 0.5) is 11.7 Å². The normalized spacial score (nSPS) is 15.3. The Morgan fingerprint density at radius 3 is 2.04 bits per heavy atom. The lowest BCUT2D eigenvalue weighted by molar-refractivity contribution is -0.133. The number of carbonyl (C=O) groups is 2. The van der Waals surface area contributed by atoms with Crippen LogP contribution in [0.25, 0.3) is 0 Å². The zero-order chi connectivity index (χ0) is 17.2. The number of rotatable bonds is 5. The smallest absolute Gasteiger partial charge is 0.268 e. The van der Waals surface area contributed by atoms with E-state index in [9.17, 15) is 26.4 Å². The minimum Gasteiger partial charge on any atom is -0.391 e. The first-order valence-electron chi connectivity index (χ1n) is 5.91. The first kappa shape index (κ1) is 21.1. The Kier molecular flexibility index (Phi) is 6.52. The minimum atomic E-state index is -6.40. The molecule has 2 atom stereocenters. The average Bonchev–Trinajstić information content (AvgIpc) is 2.41. The minimum absolute atomic E-state index is 0. The molecule has 0 radical (unpaired) electrons. The maximum absolute atomic E-state index is 13.1. The van der Waals surface area contributed by atoms with Crippen molar-refractivity contribution in [1.82, 2.24) is 10.8 Å². The van der Waals surface area contributed by atoms with Gasteiger partial charge in [0.25, 0.3) is 11.8 Å². The highest BCUT2D eigenvalue weighted by Crippen LogP contribution is 2.68. The molecule has 0 bridgehead atoms. The fraction of sp³-hybridized carbons (Fsp3) is 0.308. The first-order chi connectivity index (χ1) is 9.92. The molecule has 0 aliphatic carbocycles. The fourth-order valence-electron chi connectivity index (χ4n) is 1.56. The highest BCUT2D eigenvalue weighted by atomic mass is 32.4. The molecule has 0 fully saturated rings. The Bertz CT molecular complexity index is 632. The topological polar surface area (TPSA) is 98.7 Å². The molecule has 0 spiro atoms. The molecule has 0 heterocycles. The highest BCUT2D eigenvalue weighted by Gasteiger charge is 2.30. The molecule has 0 saturated carbocycles. The summed E-state index contributed by atoms with van der Waals surface area (Å²) in [6.07, 6.45) is -1.32. The van der Waals surface area contributed by atoms with Crippen molar-refractivity contribution >= 4 is 27.6 Å². The third-order valence-corrected chi connectivity index (χ3v) is 3.85. The number of carbonyl (C=O) groups excluding carboxylic acids is 2. The van der Waals surface area contributed by atoms with Crippen molar-refractivity contribution in [2.24, 2.45) is 0 Å². The van der Waals surface area contributed by atoms with Crippen LogP contribution in [-0.4, -0.2) is 40.1 Å². The van der Waals surface area contributed by atoms with Crippen LogP contribution in [-0.2, 0) is 4.79 Å². The van der Waals surface area contributed by atoms with Gasteiger partial charge in [-0.3, -0.25) is 14.8 Å². The van der Waals surface area contributed by atoms with Crippen molar-refractivity contribution < 1.29 is 31.6 Å². The molecule has 4 N–H and O–H groups in total. The molecule has 0 aliphatic heterocycles. The Hall–Kier alpha value is -1.91. The van der Waals surface area contributed by atoms with Crippen LogP contribution < -0.4 is 10.8 Å². The van der Waals surface area contributed by atoms with E-state index in [2.05, 4.69) is 11.2 Å². The van der Waals surface area contributed by atoms with E-state index in [0.717, 1.165) is 12.1 Å². The lowest BCUT2D eigenvalue weighted by atomic mass is 10.1. The van der Waals surface area contributed by atoms with Gasteiger partial charge in [0.15, 0.2) is 9.91 Å². The van der Waals surface area contributed by atoms with Gasteiger partial charge in [0.05, 0.1) is 11.0 Å². The molecule has 1 rings (SSSR count). The van der Waals surface area contributed by atoms with E-state index in [-0.39, 0.29) is 13.0 Å². The number of nitrogens with one attached hydrogen (secondary N) is 2.